The predicted molar refractivity (Wildman–Crippen MR) is 118 cm³/mol. The van der Waals surface area contributed by atoms with E-state index in [2.05, 4.69) is 53.6 Å². The van der Waals surface area contributed by atoms with Gasteiger partial charge in [0, 0.05) is 36.1 Å². The molecule has 29 heavy (non-hydrogen) atoms. The van der Waals surface area contributed by atoms with E-state index >= 15 is 0 Å². The van der Waals surface area contributed by atoms with Gasteiger partial charge in [-0.3, -0.25) is 4.79 Å². The van der Waals surface area contributed by atoms with Crippen LogP contribution in [0.4, 0.5) is 11.4 Å². The Hall–Kier alpha value is -3.05. The van der Waals surface area contributed by atoms with Crippen LogP contribution < -0.4 is 15.5 Å². The lowest BCUT2D eigenvalue weighted by Gasteiger charge is -2.19. The first-order valence-electron chi connectivity index (χ1n) is 10.0. The molecule has 1 saturated heterocycles. The number of rotatable bonds is 5. The number of hydrogen-bond donors (Lipinski definition) is 2. The molecule has 3 aromatic rings. The van der Waals surface area contributed by atoms with Gasteiger partial charge in [-0.15, -0.1) is 0 Å². The summed E-state index contributed by atoms with van der Waals surface area (Å²) in [5.74, 6) is 0.754. The van der Waals surface area contributed by atoms with E-state index in [0.717, 1.165) is 30.8 Å². The molecule has 2 aromatic carbocycles. The van der Waals surface area contributed by atoms with Crippen molar-refractivity contribution >= 4 is 17.3 Å². The molecule has 1 fully saturated rings. The molecule has 4 rings (SSSR count). The fourth-order valence-electron chi connectivity index (χ4n) is 3.69. The lowest BCUT2D eigenvalue weighted by molar-refractivity contribution is 0.0997. The molecule has 2 heterocycles. The van der Waals surface area contributed by atoms with Gasteiger partial charge >= 0.3 is 0 Å². The highest BCUT2D eigenvalue weighted by molar-refractivity contribution is 6.02. The summed E-state index contributed by atoms with van der Waals surface area (Å²) in [6.07, 6.45) is 1.15. The van der Waals surface area contributed by atoms with E-state index in [0.29, 0.717) is 17.6 Å². The standard InChI is InChI=1S/C24H27N3O2/c1-16-4-5-18(14-17(16)2)22-10-11-23(29-22)24(28)26-19-6-8-21(9-7-19)27-13-12-20(15-27)25-3/h4-11,14,20,25H,12-13,15H2,1-3H3,(H,26,28). The molecular weight excluding hydrogens is 362 g/mol. The van der Waals surface area contributed by atoms with Crippen molar-refractivity contribution in [1.82, 2.24) is 5.32 Å². The second-order valence-corrected chi connectivity index (χ2v) is 7.68. The van der Waals surface area contributed by atoms with Crippen molar-refractivity contribution in [1.29, 1.82) is 0 Å². The summed E-state index contributed by atoms with van der Waals surface area (Å²) in [7, 11) is 2.01. The van der Waals surface area contributed by atoms with Crippen molar-refractivity contribution in [2.75, 3.05) is 30.4 Å². The van der Waals surface area contributed by atoms with Gasteiger partial charge in [0.2, 0.25) is 0 Å². The summed E-state index contributed by atoms with van der Waals surface area (Å²) < 4.78 is 5.80. The fraction of sp³-hybridized carbons (Fsp3) is 0.292. The molecule has 1 aliphatic heterocycles. The van der Waals surface area contributed by atoms with Crippen molar-refractivity contribution < 1.29 is 9.21 Å². The number of nitrogens with one attached hydrogen (secondary N) is 2. The normalized spacial score (nSPS) is 16.2. The van der Waals surface area contributed by atoms with E-state index in [1.807, 2.05) is 31.3 Å². The lowest BCUT2D eigenvalue weighted by atomic mass is 10.1. The van der Waals surface area contributed by atoms with E-state index in [1.165, 1.54) is 16.8 Å². The average Bonchev–Trinajstić information content (AvgIpc) is 3.40. The number of furan rings is 1. The first-order chi connectivity index (χ1) is 14.0. The maximum absolute atomic E-state index is 12.6. The van der Waals surface area contributed by atoms with Crippen LogP contribution >= 0.6 is 0 Å². The Morgan fingerprint density at radius 2 is 1.83 bits per heavy atom. The van der Waals surface area contributed by atoms with Crippen LogP contribution in [0.3, 0.4) is 0 Å². The zero-order chi connectivity index (χ0) is 20.4. The second-order valence-electron chi connectivity index (χ2n) is 7.68. The summed E-state index contributed by atoms with van der Waals surface area (Å²) in [4.78, 5) is 14.9. The third-order valence-corrected chi connectivity index (χ3v) is 5.71. The van der Waals surface area contributed by atoms with Crippen molar-refractivity contribution in [3.8, 4) is 11.3 Å². The highest BCUT2D eigenvalue weighted by atomic mass is 16.3. The van der Waals surface area contributed by atoms with Crippen LogP contribution in [0.15, 0.2) is 59.0 Å². The van der Waals surface area contributed by atoms with E-state index in [-0.39, 0.29) is 5.91 Å². The number of carbonyl (C=O) groups is 1. The molecule has 150 valence electrons. The lowest BCUT2D eigenvalue weighted by Crippen LogP contribution is -2.29. The number of likely N-dealkylation sites (N-methyl/N-ethyl adjacent to an activating group) is 1. The van der Waals surface area contributed by atoms with Crippen LogP contribution in [0, 0.1) is 13.8 Å². The first kappa shape index (κ1) is 19.3. The van der Waals surface area contributed by atoms with Gasteiger partial charge < -0.3 is 20.0 Å². The molecule has 1 aliphatic rings. The minimum absolute atomic E-state index is 0.246. The molecule has 1 unspecified atom stereocenters. The number of aryl methyl sites for hydroxylation is 2. The average molecular weight is 389 g/mol. The molecule has 5 nitrogen and oxygen atoms in total. The molecule has 0 spiro atoms. The minimum Gasteiger partial charge on any atom is -0.451 e. The van der Waals surface area contributed by atoms with E-state index in [4.69, 9.17) is 4.42 Å². The van der Waals surface area contributed by atoms with Crippen LogP contribution in [0.1, 0.15) is 28.1 Å². The Morgan fingerprint density at radius 1 is 1.03 bits per heavy atom. The summed E-state index contributed by atoms with van der Waals surface area (Å²) in [5.41, 5.74) is 5.34. The van der Waals surface area contributed by atoms with E-state index in [9.17, 15) is 4.79 Å². The van der Waals surface area contributed by atoms with Gasteiger partial charge in [-0.05, 0) is 80.9 Å². The zero-order valence-corrected chi connectivity index (χ0v) is 17.2. The van der Waals surface area contributed by atoms with Crippen LogP contribution in [0.2, 0.25) is 0 Å². The molecule has 2 N–H and O–H groups in total. The topological polar surface area (TPSA) is 57.5 Å². The Bertz CT molecular complexity index is 1010. The summed E-state index contributed by atoms with van der Waals surface area (Å²) >= 11 is 0. The van der Waals surface area contributed by atoms with E-state index < -0.39 is 0 Å². The third kappa shape index (κ3) is 4.20. The maximum atomic E-state index is 12.6. The van der Waals surface area contributed by atoms with Gasteiger partial charge in [0.15, 0.2) is 5.76 Å². The molecule has 0 radical (unpaired) electrons. The first-order valence-corrected chi connectivity index (χ1v) is 10.0. The Morgan fingerprint density at radius 3 is 2.52 bits per heavy atom. The highest BCUT2D eigenvalue weighted by Gasteiger charge is 2.21. The third-order valence-electron chi connectivity index (χ3n) is 5.71. The predicted octanol–water partition coefficient (Wildman–Crippen LogP) is 4.61. The Labute approximate surface area is 171 Å². The molecule has 1 aromatic heterocycles. The zero-order valence-electron chi connectivity index (χ0n) is 17.2. The van der Waals surface area contributed by atoms with Gasteiger partial charge in [0.05, 0.1) is 0 Å². The van der Waals surface area contributed by atoms with Crippen molar-refractivity contribution in [2.24, 2.45) is 0 Å². The molecular formula is C24H27N3O2. The Kier molecular flexibility index (Phi) is 5.41. The van der Waals surface area contributed by atoms with Crippen molar-refractivity contribution in [2.45, 2.75) is 26.3 Å². The fourth-order valence-corrected chi connectivity index (χ4v) is 3.69. The van der Waals surface area contributed by atoms with Crippen LogP contribution in [0.25, 0.3) is 11.3 Å². The molecule has 5 heteroatoms. The smallest absolute Gasteiger partial charge is 0.291 e. The highest BCUT2D eigenvalue weighted by Crippen LogP contribution is 2.26. The monoisotopic (exact) mass is 389 g/mol. The molecule has 0 aliphatic carbocycles. The van der Waals surface area contributed by atoms with Crippen LogP contribution in [0.5, 0.6) is 0 Å². The molecule has 0 saturated carbocycles. The summed E-state index contributed by atoms with van der Waals surface area (Å²) in [6.45, 7) is 6.20. The summed E-state index contributed by atoms with van der Waals surface area (Å²) in [5, 5.41) is 6.25. The van der Waals surface area contributed by atoms with Crippen molar-refractivity contribution in [3.05, 3.63) is 71.5 Å². The molecule has 1 amide bonds. The number of benzene rings is 2. The number of anilines is 2. The minimum atomic E-state index is -0.246. The largest absolute Gasteiger partial charge is 0.451 e. The van der Waals surface area contributed by atoms with Gasteiger partial charge in [0.1, 0.15) is 5.76 Å². The molecule has 1 atom stereocenters. The van der Waals surface area contributed by atoms with Crippen molar-refractivity contribution in [3.63, 3.8) is 0 Å². The van der Waals surface area contributed by atoms with Gasteiger partial charge in [-0.1, -0.05) is 12.1 Å². The number of carbonyl (C=O) groups excluding carboxylic acids is 1. The molecule has 0 bridgehead atoms. The number of amides is 1. The Balaban J connectivity index is 1.42. The second kappa shape index (κ2) is 8.13. The number of hydrogen-bond acceptors (Lipinski definition) is 4. The van der Waals surface area contributed by atoms with Gasteiger partial charge in [-0.2, -0.15) is 0 Å². The maximum Gasteiger partial charge on any atom is 0.291 e. The SMILES string of the molecule is CNC1CCN(c2ccc(NC(=O)c3ccc(-c4ccc(C)c(C)c4)o3)cc2)C1. The van der Waals surface area contributed by atoms with Crippen LogP contribution in [-0.4, -0.2) is 32.1 Å². The quantitative estimate of drug-likeness (QED) is 0.669. The van der Waals surface area contributed by atoms with Crippen LogP contribution in [-0.2, 0) is 0 Å². The summed E-state index contributed by atoms with van der Waals surface area (Å²) in [6, 6.07) is 18.2. The van der Waals surface area contributed by atoms with E-state index in [1.54, 1.807) is 6.07 Å². The van der Waals surface area contributed by atoms with Gasteiger partial charge in [-0.25, -0.2) is 0 Å². The number of nitrogens with zero attached hydrogens (tertiary/aromatic N) is 1. The van der Waals surface area contributed by atoms with Gasteiger partial charge in [0.25, 0.3) is 5.91 Å².